The van der Waals surface area contributed by atoms with Crippen LogP contribution in [-0.4, -0.2) is 94.6 Å². The smallest absolute Gasteiger partial charge is 0.368 e. The van der Waals surface area contributed by atoms with Crippen LogP contribution in [0.25, 0.3) is 64.6 Å². The monoisotopic (exact) mass is 1290 g/mol. The van der Waals surface area contributed by atoms with Crippen LogP contribution in [-0.2, 0) is 55.7 Å². The van der Waals surface area contributed by atoms with E-state index in [2.05, 4.69) is 171 Å². The molecule has 3 aromatic heterocycles. The predicted molar refractivity (Wildman–Crippen MR) is 343 cm³/mol. The van der Waals surface area contributed by atoms with E-state index >= 15 is 0 Å². The molecule has 90 heavy (non-hydrogen) atoms. The number of fused-ring (bicyclic) bond motifs is 18. The van der Waals surface area contributed by atoms with Crippen molar-refractivity contribution in [3.63, 3.8) is 0 Å². The van der Waals surface area contributed by atoms with Crippen LogP contribution in [0.2, 0.25) is 0 Å². The minimum absolute atomic E-state index is 0. The van der Waals surface area contributed by atoms with Gasteiger partial charge in [0.25, 0.3) is 10.1 Å². The fourth-order valence-electron chi connectivity index (χ4n) is 10.9. The Morgan fingerprint density at radius 1 is 0.511 bits per heavy atom. The number of benzene rings is 9. The van der Waals surface area contributed by atoms with Crippen molar-refractivity contribution in [2.75, 3.05) is 23.9 Å². The number of rotatable bonds is 8. The van der Waals surface area contributed by atoms with Crippen LogP contribution < -0.4 is 31.7 Å². The summed E-state index contributed by atoms with van der Waals surface area (Å²) in [6.45, 7) is 4.23. The summed E-state index contributed by atoms with van der Waals surface area (Å²) in [5.74, 6) is 3.71. The second kappa shape index (κ2) is 24.1. The van der Waals surface area contributed by atoms with Crippen molar-refractivity contribution in [1.82, 2.24) is 29.1 Å². The van der Waals surface area contributed by atoms with Crippen molar-refractivity contribution in [2.24, 2.45) is 30.0 Å². The Labute approximate surface area is 525 Å². The summed E-state index contributed by atoms with van der Waals surface area (Å²) < 4.78 is 84.6. The van der Waals surface area contributed by atoms with Gasteiger partial charge in [-0.25, -0.2) is 43.1 Å². The Morgan fingerprint density at radius 2 is 0.911 bits per heavy atom. The van der Waals surface area contributed by atoms with Crippen LogP contribution >= 0.6 is 0 Å². The normalized spacial score (nSPS) is 13.2. The third kappa shape index (κ3) is 11.7. The Bertz CT molecular complexity index is 5410. The second-order valence-corrected chi connectivity index (χ2v) is 24.1. The number of aromatic nitrogens is 5. The van der Waals surface area contributed by atoms with Gasteiger partial charge >= 0.3 is 10.6 Å². The maximum absolute atomic E-state index is 11.2. The Hall–Kier alpha value is -10.2. The summed E-state index contributed by atoms with van der Waals surface area (Å²) in [5, 5.41) is 14.9. The average Bonchev–Trinajstić information content (AvgIpc) is 1.57. The van der Waals surface area contributed by atoms with E-state index in [1.807, 2.05) is 13.8 Å². The Morgan fingerprint density at radius 3 is 1.32 bits per heavy atom. The number of anilines is 3. The Balaban J connectivity index is 0.000000201. The van der Waals surface area contributed by atoms with Gasteiger partial charge in [0, 0.05) is 81.0 Å². The van der Waals surface area contributed by atoms with E-state index in [9.17, 15) is 16.8 Å². The number of nitrogens with zero attached hydrogens (tertiary/aromatic N) is 11. The van der Waals surface area contributed by atoms with E-state index in [1.54, 1.807) is 15.5 Å². The number of hydrogen-bond donors (Lipinski definition) is 4. The fraction of sp³-hybridized carbons (Fsp3) is 0.0952. The van der Waals surface area contributed by atoms with Crippen molar-refractivity contribution in [3.8, 4) is 0 Å². The first-order valence-electron chi connectivity index (χ1n) is 27.7. The number of nitrogen functional groups attached to an aromatic ring is 1. The zero-order valence-corrected chi connectivity index (χ0v) is 51.5. The van der Waals surface area contributed by atoms with E-state index in [-0.39, 0.29) is 41.9 Å². The molecule has 16 rings (SSSR count). The quantitative estimate of drug-likeness (QED) is 0.0815. The summed E-state index contributed by atoms with van der Waals surface area (Å²) in [4.78, 5) is 51.0. The van der Waals surface area contributed by atoms with Gasteiger partial charge in [-0.2, -0.15) is 23.4 Å². The summed E-state index contributed by atoms with van der Waals surface area (Å²) in [7, 11) is -10.7. The maximum Gasteiger partial charge on any atom is 0.425 e. The molecule has 0 amide bonds. The molecule has 4 aliphatic heterocycles. The topological polar surface area (TPSA) is 322 Å². The summed E-state index contributed by atoms with van der Waals surface area (Å²) in [6, 6.07) is 56.1. The first-order chi connectivity index (χ1) is 42.9. The van der Waals surface area contributed by atoms with Gasteiger partial charge in [0.15, 0.2) is 46.0 Å². The molecule has 0 fully saturated rings. The van der Waals surface area contributed by atoms with Crippen LogP contribution in [0, 0.1) is 0 Å². The zero-order valence-electron chi connectivity index (χ0n) is 47.7. The van der Waals surface area contributed by atoms with E-state index in [4.69, 9.17) is 57.8 Å². The molecular weight excluding hydrogens is 1240 g/mol. The van der Waals surface area contributed by atoms with Crippen molar-refractivity contribution >= 4 is 148 Å². The average molecular weight is 1290 g/mol. The molecule has 12 aromatic rings. The van der Waals surface area contributed by atoms with Gasteiger partial charge in [0.05, 0.1) is 11.2 Å². The number of nitrogens with one attached hydrogen (secondary N) is 2. The molecule has 0 spiro atoms. The number of amidine groups is 4. The third-order valence-electron chi connectivity index (χ3n) is 14.7. The Kier molecular flexibility index (Phi) is 16.1. The van der Waals surface area contributed by atoms with E-state index < -0.39 is 30.8 Å². The van der Waals surface area contributed by atoms with Gasteiger partial charge in [-0.1, -0.05) is 117 Å². The van der Waals surface area contributed by atoms with Crippen LogP contribution in [0.5, 0.6) is 0 Å². The van der Waals surface area contributed by atoms with Gasteiger partial charge in [0.1, 0.15) is 5.82 Å². The van der Waals surface area contributed by atoms with E-state index in [1.165, 1.54) is 18.2 Å². The molecule has 1 radical (unpaired) electrons. The molecule has 0 saturated carbocycles. The number of aliphatic imine (C=N–C) groups is 4. The van der Waals surface area contributed by atoms with Gasteiger partial charge in [-0.05, 0) is 116 Å². The SMILES string of the molecule is CC.CS(=O)(=O)NCCCc1nc(N)nc(Nc2cccc(S(=O)(=O)O)c2)n1.O=S(=O)=O.[V].c1ccc2cc3c(cc2c1)C1=NC3=Nc2c3cc4ccccc4cc3c3n2On2c(c4cc5ccccc5cc4c2=NC2=NC(=N3)c3cc4ccccc4cc32)=N1. The summed E-state index contributed by atoms with van der Waals surface area (Å²) in [5.41, 5.74) is 10.7. The van der Waals surface area contributed by atoms with Gasteiger partial charge < -0.3 is 11.1 Å². The number of sulfonamides is 1. The predicted octanol–water partition coefficient (Wildman–Crippen LogP) is 8.99. The van der Waals surface area contributed by atoms with E-state index in [0.717, 1.165) is 93.1 Å². The van der Waals surface area contributed by atoms with Crippen molar-refractivity contribution < 1.29 is 57.5 Å². The molecule has 0 atom stereocenters. The second-order valence-electron chi connectivity index (χ2n) is 20.4. The van der Waals surface area contributed by atoms with Crippen LogP contribution in [0.1, 0.15) is 48.3 Å². The molecule has 7 heterocycles. The van der Waals surface area contributed by atoms with Crippen molar-refractivity contribution in [1.29, 1.82) is 0 Å². The van der Waals surface area contributed by atoms with Crippen molar-refractivity contribution in [3.05, 3.63) is 209 Å². The van der Waals surface area contributed by atoms with Crippen LogP contribution in [0.15, 0.2) is 205 Å². The summed E-state index contributed by atoms with van der Waals surface area (Å²) in [6.07, 6.45) is 1.87. The minimum Gasteiger partial charge on any atom is -0.368 e. The molecule has 23 nitrogen and oxygen atoms in total. The molecule has 27 heteroatoms. The molecule has 4 aliphatic rings. The van der Waals surface area contributed by atoms with Crippen LogP contribution in [0.3, 0.4) is 0 Å². The molecule has 6 bridgehead atoms. The van der Waals surface area contributed by atoms with Gasteiger partial charge in [0.2, 0.25) is 21.9 Å². The number of nitrogens with two attached hydrogens (primary N) is 1. The minimum atomic E-state index is -4.33. The van der Waals surface area contributed by atoms with Crippen LogP contribution in [0.4, 0.5) is 29.2 Å². The summed E-state index contributed by atoms with van der Waals surface area (Å²) >= 11 is 0. The zero-order chi connectivity index (χ0) is 61.9. The molecular formula is C63H48N14O9S3V. The molecule has 5 N–H and O–H groups in total. The standard InChI is InChI=1S/C48H24N8O.C13H18N6O5S2.C2H6.O3S.V/c1-2-10-26-18-34-33(17-25(26)9-1)41-49-42(34)52-46-39-23-31-15-7-8-16-32(31)24-40(39)48-54-44-36-20-28-12-4-3-11-27(28)19-35(36)43(50-44)53-47-38-22-30-14-6-5-13-29(30)21-37(38)45(51-41)55(47)57-56(46)48;1-25(20,21)15-7-3-6-11-17-12(14)19-13(18-11)16-9-4-2-5-10(8-9)26(22,23)24;1-2;1-4(2)3;/h1-24H;2,4-5,8,15H,3,6-7H2,1H3,(H,22,23,24)(H3,14,16,17,18,19);1-2H3;;. The molecule has 0 aliphatic carbocycles. The molecule has 447 valence electrons. The largest absolute Gasteiger partial charge is 0.425 e. The molecule has 0 unspecified atom stereocenters. The number of hydrogen-bond acceptors (Lipinski definition) is 19. The first kappa shape index (κ1) is 60.1. The van der Waals surface area contributed by atoms with Crippen molar-refractivity contribution in [2.45, 2.75) is 31.6 Å². The first-order valence-corrected chi connectivity index (χ1v) is 32.0. The fourth-order valence-corrected chi connectivity index (χ4v) is 11.9. The molecule has 9 aromatic carbocycles. The maximum atomic E-state index is 11.2. The number of aryl methyl sites for hydroxylation is 1. The van der Waals surface area contributed by atoms with E-state index in [0.29, 0.717) is 70.3 Å². The molecule has 0 saturated heterocycles. The van der Waals surface area contributed by atoms with Gasteiger partial charge in [-0.3, -0.25) is 9.49 Å². The third-order valence-corrected chi connectivity index (χ3v) is 16.3. The van der Waals surface area contributed by atoms with Gasteiger partial charge in [-0.15, -0.1) is 22.1 Å².